The highest BCUT2D eigenvalue weighted by Crippen LogP contribution is 2.36. The van der Waals surface area contributed by atoms with Crippen LogP contribution in [-0.4, -0.2) is 57.7 Å². The smallest absolute Gasteiger partial charge is 0.305 e. The summed E-state index contributed by atoms with van der Waals surface area (Å²) >= 11 is 0. The number of hydrogen-bond acceptors (Lipinski definition) is 10. The molecule has 1 fully saturated rings. The van der Waals surface area contributed by atoms with E-state index in [9.17, 15) is 14.4 Å². The molecule has 0 spiro atoms. The molecule has 4 atom stereocenters. The van der Waals surface area contributed by atoms with Gasteiger partial charge in [-0.25, -0.2) is 9.97 Å². The fraction of sp³-hybridized carbons (Fsp3) is 0.550. The average molecular weight is 433 g/mol. The van der Waals surface area contributed by atoms with Crippen molar-refractivity contribution in [2.75, 3.05) is 12.3 Å². The Kier molecular flexibility index (Phi) is 7.06. The second kappa shape index (κ2) is 9.73. The van der Waals surface area contributed by atoms with Crippen LogP contribution in [0.3, 0.4) is 0 Å². The predicted octanol–water partition coefficient (Wildman–Crippen LogP) is 1.15. The number of carbonyl (C=O) groups is 3. The topological polar surface area (TPSA) is 159 Å². The number of esters is 3. The first-order valence-corrected chi connectivity index (χ1v) is 10.3. The standard InChI is InChI=1S/C20H27N5O6/c1-4-12(26)29-8-11-18(30-13(27)5-2)19(31-14(28)6-3)16(25-11)10-7-22-17-15(10)23-9-24-20(17)21/h7,9,11,16,18-19,22,25H,4-6,8H2,1-3H3,(H2,21,23,24). The number of H-pyrrole nitrogens is 1. The number of carbonyl (C=O) groups excluding carboxylic acids is 3. The highest BCUT2D eigenvalue weighted by Gasteiger charge is 2.49. The van der Waals surface area contributed by atoms with Crippen LogP contribution >= 0.6 is 0 Å². The van der Waals surface area contributed by atoms with Crippen molar-refractivity contribution in [1.82, 2.24) is 20.3 Å². The first-order chi connectivity index (χ1) is 14.9. The van der Waals surface area contributed by atoms with E-state index in [1.807, 2.05) is 0 Å². The molecule has 0 saturated carbocycles. The Labute approximate surface area is 179 Å². The van der Waals surface area contributed by atoms with Gasteiger partial charge in [0.2, 0.25) is 0 Å². The van der Waals surface area contributed by atoms with Crippen molar-refractivity contribution < 1.29 is 28.6 Å². The molecule has 1 aliphatic heterocycles. The fourth-order valence-electron chi connectivity index (χ4n) is 3.50. The van der Waals surface area contributed by atoms with Gasteiger partial charge >= 0.3 is 17.9 Å². The normalized spacial score (nSPS) is 22.9. The molecule has 0 amide bonds. The molecule has 11 heteroatoms. The van der Waals surface area contributed by atoms with E-state index in [-0.39, 0.29) is 37.7 Å². The van der Waals surface area contributed by atoms with E-state index in [0.717, 1.165) is 0 Å². The molecule has 2 aromatic rings. The zero-order chi connectivity index (χ0) is 22.5. The maximum atomic E-state index is 12.2. The van der Waals surface area contributed by atoms with Crippen LogP contribution in [0.2, 0.25) is 0 Å². The number of fused-ring (bicyclic) bond motifs is 1. The van der Waals surface area contributed by atoms with Gasteiger partial charge < -0.3 is 24.9 Å². The number of nitrogens with zero attached hydrogens (tertiary/aromatic N) is 2. The monoisotopic (exact) mass is 433 g/mol. The Morgan fingerprint density at radius 2 is 1.65 bits per heavy atom. The molecule has 4 N–H and O–H groups in total. The number of anilines is 1. The van der Waals surface area contributed by atoms with Crippen LogP contribution in [0.15, 0.2) is 12.5 Å². The third kappa shape index (κ3) is 4.76. The number of hydrogen-bond donors (Lipinski definition) is 3. The molecule has 0 aromatic carbocycles. The molecule has 2 aromatic heterocycles. The molecule has 4 unspecified atom stereocenters. The summed E-state index contributed by atoms with van der Waals surface area (Å²) in [6, 6.07) is -1.17. The van der Waals surface area contributed by atoms with Crippen LogP contribution in [-0.2, 0) is 28.6 Å². The lowest BCUT2D eigenvalue weighted by molar-refractivity contribution is -0.168. The van der Waals surface area contributed by atoms with Crippen LogP contribution in [0.1, 0.15) is 51.6 Å². The van der Waals surface area contributed by atoms with Gasteiger partial charge in [-0.2, -0.15) is 0 Å². The Morgan fingerprint density at radius 3 is 2.29 bits per heavy atom. The summed E-state index contributed by atoms with van der Waals surface area (Å²) in [7, 11) is 0. The Morgan fingerprint density at radius 1 is 1.00 bits per heavy atom. The summed E-state index contributed by atoms with van der Waals surface area (Å²) in [4.78, 5) is 47.3. The quantitative estimate of drug-likeness (QED) is 0.407. The first-order valence-electron chi connectivity index (χ1n) is 10.3. The van der Waals surface area contributed by atoms with Gasteiger partial charge in [-0.3, -0.25) is 19.7 Å². The predicted molar refractivity (Wildman–Crippen MR) is 110 cm³/mol. The van der Waals surface area contributed by atoms with E-state index >= 15 is 0 Å². The molecule has 168 valence electrons. The maximum Gasteiger partial charge on any atom is 0.305 e. The molecular weight excluding hydrogens is 406 g/mol. The van der Waals surface area contributed by atoms with Gasteiger partial charge in [0.1, 0.15) is 18.5 Å². The largest absolute Gasteiger partial charge is 0.464 e. The molecule has 31 heavy (non-hydrogen) atoms. The van der Waals surface area contributed by atoms with E-state index in [0.29, 0.717) is 16.6 Å². The second-order valence-corrected chi connectivity index (χ2v) is 7.13. The minimum absolute atomic E-state index is 0.0511. The first kappa shape index (κ1) is 22.5. The van der Waals surface area contributed by atoms with Crippen molar-refractivity contribution in [2.24, 2.45) is 0 Å². The van der Waals surface area contributed by atoms with Gasteiger partial charge in [0.25, 0.3) is 0 Å². The number of aromatic nitrogens is 3. The lowest BCUT2D eigenvalue weighted by Crippen LogP contribution is -2.42. The molecule has 3 heterocycles. The third-order valence-electron chi connectivity index (χ3n) is 5.12. The van der Waals surface area contributed by atoms with Crippen LogP contribution in [0.4, 0.5) is 5.82 Å². The number of nitrogen functional groups attached to an aromatic ring is 1. The summed E-state index contributed by atoms with van der Waals surface area (Å²) < 4.78 is 16.6. The summed E-state index contributed by atoms with van der Waals surface area (Å²) in [5.41, 5.74) is 7.69. The summed E-state index contributed by atoms with van der Waals surface area (Å²) in [6.07, 6.45) is 1.82. The van der Waals surface area contributed by atoms with Crippen molar-refractivity contribution in [3.63, 3.8) is 0 Å². The number of aromatic amines is 1. The second-order valence-electron chi connectivity index (χ2n) is 7.13. The van der Waals surface area contributed by atoms with Gasteiger partial charge in [-0.05, 0) is 0 Å². The van der Waals surface area contributed by atoms with Gasteiger partial charge in [0, 0.05) is 31.0 Å². The number of ether oxygens (including phenoxy) is 3. The minimum atomic E-state index is -0.859. The van der Waals surface area contributed by atoms with Crippen LogP contribution in [0.5, 0.6) is 0 Å². The molecule has 1 aliphatic rings. The van der Waals surface area contributed by atoms with Gasteiger partial charge in [0.05, 0.1) is 17.6 Å². The van der Waals surface area contributed by atoms with Gasteiger partial charge in [-0.1, -0.05) is 20.8 Å². The van der Waals surface area contributed by atoms with Crippen LogP contribution < -0.4 is 11.1 Å². The van der Waals surface area contributed by atoms with E-state index in [1.165, 1.54) is 6.33 Å². The Hall–Kier alpha value is -3.21. The maximum absolute atomic E-state index is 12.2. The zero-order valence-electron chi connectivity index (χ0n) is 17.7. The Balaban J connectivity index is 1.99. The fourth-order valence-corrected chi connectivity index (χ4v) is 3.50. The molecule has 11 nitrogen and oxygen atoms in total. The number of nitrogens with two attached hydrogens (primary N) is 1. The lowest BCUT2D eigenvalue weighted by atomic mass is 10.0. The van der Waals surface area contributed by atoms with Crippen LogP contribution in [0, 0.1) is 0 Å². The highest BCUT2D eigenvalue weighted by molar-refractivity contribution is 5.87. The molecule has 0 bridgehead atoms. The van der Waals surface area contributed by atoms with Crippen molar-refractivity contribution in [2.45, 2.75) is 64.3 Å². The molecular formula is C20H27N5O6. The van der Waals surface area contributed by atoms with Gasteiger partial charge in [0.15, 0.2) is 18.0 Å². The van der Waals surface area contributed by atoms with Crippen LogP contribution in [0.25, 0.3) is 11.0 Å². The molecule has 1 saturated heterocycles. The average Bonchev–Trinajstić information content (AvgIpc) is 3.34. The SMILES string of the molecule is CCC(=O)OCC1NC(c2c[nH]c3c(N)ncnc23)C(OC(=O)CC)C1OC(=O)CC. The minimum Gasteiger partial charge on any atom is -0.464 e. The molecule has 0 aliphatic carbocycles. The summed E-state index contributed by atoms with van der Waals surface area (Å²) in [5, 5.41) is 3.29. The summed E-state index contributed by atoms with van der Waals surface area (Å²) in [5.74, 6) is -1.02. The van der Waals surface area contributed by atoms with E-state index in [4.69, 9.17) is 19.9 Å². The highest BCUT2D eigenvalue weighted by atomic mass is 16.6. The van der Waals surface area contributed by atoms with Crippen molar-refractivity contribution in [3.05, 3.63) is 18.1 Å². The molecule has 0 radical (unpaired) electrons. The van der Waals surface area contributed by atoms with Crippen molar-refractivity contribution >= 4 is 34.8 Å². The third-order valence-corrected chi connectivity index (χ3v) is 5.12. The number of nitrogens with one attached hydrogen (secondary N) is 2. The molecule has 3 rings (SSSR count). The zero-order valence-corrected chi connectivity index (χ0v) is 17.7. The number of rotatable bonds is 8. The lowest BCUT2D eigenvalue weighted by Gasteiger charge is -2.25. The van der Waals surface area contributed by atoms with E-state index in [1.54, 1.807) is 27.0 Å². The van der Waals surface area contributed by atoms with Crippen molar-refractivity contribution in [1.29, 1.82) is 0 Å². The van der Waals surface area contributed by atoms with Gasteiger partial charge in [-0.15, -0.1) is 0 Å². The summed E-state index contributed by atoms with van der Waals surface area (Å²) in [6.45, 7) is 4.97. The van der Waals surface area contributed by atoms with Crippen molar-refractivity contribution in [3.8, 4) is 0 Å². The van der Waals surface area contributed by atoms with E-state index < -0.39 is 36.2 Å². The Bertz CT molecular complexity index is 961. The van der Waals surface area contributed by atoms with E-state index in [2.05, 4.69) is 20.3 Å².